The van der Waals surface area contributed by atoms with Crippen LogP contribution in [0, 0.1) is 0 Å². The van der Waals surface area contributed by atoms with E-state index in [0.29, 0.717) is 6.42 Å². The van der Waals surface area contributed by atoms with Crippen LogP contribution in [0.4, 0.5) is 0 Å². The second-order valence-corrected chi connectivity index (χ2v) is 12.8. The lowest BCUT2D eigenvalue weighted by Gasteiger charge is -2.29. The van der Waals surface area contributed by atoms with Crippen molar-refractivity contribution in [2.45, 2.75) is 148 Å². The van der Waals surface area contributed by atoms with Crippen molar-refractivity contribution in [1.29, 1.82) is 0 Å². The summed E-state index contributed by atoms with van der Waals surface area (Å²) in [4.78, 5) is 22.7. The second kappa shape index (κ2) is 23.1. The van der Waals surface area contributed by atoms with E-state index in [9.17, 15) is 14.3 Å². The molecule has 0 aromatic rings. The van der Waals surface area contributed by atoms with Crippen LogP contribution >= 0.6 is 19.4 Å². The maximum absolute atomic E-state index is 12.7. The summed E-state index contributed by atoms with van der Waals surface area (Å²) < 4.78 is 28.5. The van der Waals surface area contributed by atoms with Gasteiger partial charge in [-0.05, 0) is 31.9 Å². The average molecular weight is 539 g/mol. The molecule has 35 heavy (non-hydrogen) atoms. The van der Waals surface area contributed by atoms with Crippen molar-refractivity contribution in [2.75, 3.05) is 19.5 Å². The van der Waals surface area contributed by atoms with E-state index in [1.165, 1.54) is 84.2 Å². The number of esters is 1. The molecule has 4 atom stereocenters. The van der Waals surface area contributed by atoms with E-state index in [1.807, 2.05) is 25.6 Å². The Hall–Kier alpha value is -0.0700. The van der Waals surface area contributed by atoms with E-state index in [0.717, 1.165) is 25.0 Å². The van der Waals surface area contributed by atoms with E-state index in [-0.39, 0.29) is 18.0 Å². The van der Waals surface area contributed by atoms with Crippen molar-refractivity contribution < 1.29 is 28.3 Å². The topological polar surface area (TPSA) is 82.1 Å². The molecule has 4 unspecified atom stereocenters. The lowest BCUT2D eigenvalue weighted by molar-refractivity contribution is -0.152. The molecule has 0 saturated carbocycles. The molecule has 0 spiro atoms. The number of carbonyl (C=O) groups is 1. The number of thioether (sulfide) groups is 1. The number of ether oxygens (including phenoxy) is 2. The van der Waals surface area contributed by atoms with Crippen molar-refractivity contribution in [3.05, 3.63) is 0 Å². The van der Waals surface area contributed by atoms with Gasteiger partial charge in [0.15, 0.2) is 0 Å². The number of rotatable bonds is 25. The fraction of sp³-hybridized carbons (Fsp3) is 0.963. The van der Waals surface area contributed by atoms with E-state index >= 15 is 0 Å². The minimum Gasteiger partial charge on any atom is -0.467 e. The van der Waals surface area contributed by atoms with E-state index in [2.05, 4.69) is 13.8 Å². The van der Waals surface area contributed by atoms with Gasteiger partial charge in [-0.1, -0.05) is 104 Å². The van der Waals surface area contributed by atoms with Gasteiger partial charge in [0.2, 0.25) is 0 Å². The highest BCUT2D eigenvalue weighted by Crippen LogP contribution is 2.49. The summed E-state index contributed by atoms with van der Waals surface area (Å²) >= 11 is 1.87. The molecule has 0 amide bonds. The molecule has 6 nitrogen and oxygen atoms in total. The largest absolute Gasteiger partial charge is 0.467 e. The van der Waals surface area contributed by atoms with Gasteiger partial charge in [0, 0.05) is 5.25 Å². The number of carbonyl (C=O) groups excluding carboxylic acids is 1. The summed E-state index contributed by atoms with van der Waals surface area (Å²) in [6, 6.07) is 0. The average Bonchev–Trinajstić information content (AvgIpc) is 2.85. The van der Waals surface area contributed by atoms with E-state index in [1.54, 1.807) is 0 Å². The quantitative estimate of drug-likeness (QED) is 0.0709. The van der Waals surface area contributed by atoms with Crippen molar-refractivity contribution >= 4 is 25.3 Å². The molecule has 1 N–H and O–H groups in total. The standard InChI is InChI=1S/C27H55O6PS/c1-6-9-11-13-14-15-16-18-20-23-35-25(21-19-17-12-10-7-2)24(4)33-27(26(28)31-5)34(29,30)32-22-8-3/h24-25,27H,6-23H2,1-5H3,(H,29,30). The van der Waals surface area contributed by atoms with E-state index < -0.39 is 19.4 Å². The van der Waals surface area contributed by atoms with Crippen LogP contribution in [0.1, 0.15) is 130 Å². The molecule has 0 aliphatic heterocycles. The van der Waals surface area contributed by atoms with Crippen LogP contribution in [0.25, 0.3) is 0 Å². The SMILES string of the molecule is CCCCCCCCCCCSC(CCCCCCC)C(C)OC(C(=O)OC)P(=O)(O)OCCC. The Labute approximate surface area is 220 Å². The third-order valence-corrected chi connectivity index (χ3v) is 9.27. The zero-order chi connectivity index (χ0) is 26.4. The molecule has 0 aliphatic rings. The highest BCUT2D eigenvalue weighted by molar-refractivity contribution is 7.99. The first-order valence-electron chi connectivity index (χ1n) is 14.2. The molecule has 0 heterocycles. The van der Waals surface area contributed by atoms with Crippen molar-refractivity contribution in [3.63, 3.8) is 0 Å². The fourth-order valence-corrected chi connectivity index (χ4v) is 6.64. The second-order valence-electron chi connectivity index (χ2n) is 9.55. The Morgan fingerprint density at radius 1 is 0.829 bits per heavy atom. The molecule has 0 fully saturated rings. The lowest BCUT2D eigenvalue weighted by Crippen LogP contribution is -2.35. The van der Waals surface area contributed by atoms with Crippen LogP contribution in [-0.2, 0) is 23.4 Å². The number of unbranched alkanes of at least 4 members (excludes halogenated alkanes) is 12. The Bertz CT molecular complexity index is 548. The number of methoxy groups -OCH3 is 1. The predicted molar refractivity (Wildman–Crippen MR) is 149 cm³/mol. The lowest BCUT2D eigenvalue weighted by atomic mass is 10.1. The molecular formula is C27H55O6PS. The molecule has 8 heteroatoms. The minimum absolute atomic E-state index is 0.0905. The van der Waals surface area contributed by atoms with Gasteiger partial charge in [-0.25, -0.2) is 4.79 Å². The maximum atomic E-state index is 12.7. The molecule has 0 saturated heterocycles. The first-order valence-corrected chi connectivity index (χ1v) is 16.8. The Morgan fingerprint density at radius 2 is 1.34 bits per heavy atom. The molecule has 0 rings (SSSR count). The molecule has 0 aliphatic carbocycles. The van der Waals surface area contributed by atoms with Crippen LogP contribution in [0.3, 0.4) is 0 Å². The zero-order valence-electron chi connectivity index (χ0n) is 23.3. The molecule has 0 bridgehead atoms. The Morgan fingerprint density at radius 3 is 1.86 bits per heavy atom. The van der Waals surface area contributed by atoms with Gasteiger partial charge in [0.25, 0.3) is 5.85 Å². The summed E-state index contributed by atoms with van der Waals surface area (Å²) in [5, 5.41) is 0.156. The minimum atomic E-state index is -4.29. The summed E-state index contributed by atoms with van der Waals surface area (Å²) in [6.07, 6.45) is 18.8. The molecule has 0 radical (unpaired) electrons. The van der Waals surface area contributed by atoms with Gasteiger partial charge >= 0.3 is 13.6 Å². The highest BCUT2D eigenvalue weighted by atomic mass is 32.2. The van der Waals surface area contributed by atoms with Crippen molar-refractivity contribution in [1.82, 2.24) is 0 Å². The fourth-order valence-electron chi connectivity index (χ4n) is 4.00. The normalized spacial score (nSPS) is 15.9. The monoisotopic (exact) mass is 538 g/mol. The van der Waals surface area contributed by atoms with Crippen LogP contribution in [-0.4, -0.2) is 47.5 Å². The smallest absolute Gasteiger partial charge is 0.368 e. The summed E-state index contributed by atoms with van der Waals surface area (Å²) in [6.45, 7) is 8.29. The van der Waals surface area contributed by atoms with Crippen LogP contribution < -0.4 is 0 Å². The van der Waals surface area contributed by atoms with Gasteiger partial charge in [-0.2, -0.15) is 11.8 Å². The Balaban J connectivity index is 4.79. The highest BCUT2D eigenvalue weighted by Gasteiger charge is 2.42. The van der Waals surface area contributed by atoms with Crippen molar-refractivity contribution in [3.8, 4) is 0 Å². The van der Waals surface area contributed by atoms with Gasteiger partial charge in [0.05, 0.1) is 19.8 Å². The number of hydrogen-bond acceptors (Lipinski definition) is 6. The first kappa shape index (κ1) is 34.9. The third kappa shape index (κ3) is 17.9. The molecular weight excluding hydrogens is 483 g/mol. The maximum Gasteiger partial charge on any atom is 0.368 e. The summed E-state index contributed by atoms with van der Waals surface area (Å²) in [5.41, 5.74) is 0. The third-order valence-electron chi connectivity index (χ3n) is 6.22. The summed E-state index contributed by atoms with van der Waals surface area (Å²) in [5.74, 6) is -1.43. The van der Waals surface area contributed by atoms with Gasteiger partial charge < -0.3 is 18.9 Å². The number of hydrogen-bond donors (Lipinski definition) is 1. The van der Waals surface area contributed by atoms with Crippen molar-refractivity contribution in [2.24, 2.45) is 0 Å². The van der Waals surface area contributed by atoms with Crippen LogP contribution in [0.15, 0.2) is 0 Å². The molecule has 0 aromatic heterocycles. The predicted octanol–water partition coefficient (Wildman–Crippen LogP) is 8.50. The van der Waals surface area contributed by atoms with Gasteiger partial charge in [-0.3, -0.25) is 4.57 Å². The van der Waals surface area contributed by atoms with Gasteiger partial charge in [0.1, 0.15) is 0 Å². The first-order chi connectivity index (χ1) is 16.8. The molecule has 210 valence electrons. The Kier molecular flexibility index (Phi) is 23.0. The van der Waals surface area contributed by atoms with Gasteiger partial charge in [-0.15, -0.1) is 0 Å². The van der Waals surface area contributed by atoms with Crippen LogP contribution in [0.2, 0.25) is 0 Å². The van der Waals surface area contributed by atoms with E-state index in [4.69, 9.17) is 14.0 Å². The zero-order valence-corrected chi connectivity index (χ0v) is 25.0. The summed E-state index contributed by atoms with van der Waals surface area (Å²) in [7, 11) is -3.09. The molecule has 0 aromatic carbocycles. The van der Waals surface area contributed by atoms with Crippen LogP contribution in [0.5, 0.6) is 0 Å².